The van der Waals surface area contributed by atoms with Crippen molar-refractivity contribution in [3.8, 4) is 0 Å². The predicted octanol–water partition coefficient (Wildman–Crippen LogP) is 0.0949. The van der Waals surface area contributed by atoms with Crippen molar-refractivity contribution >= 4 is 17.9 Å². The Kier molecular flexibility index (Phi) is 4.66. The van der Waals surface area contributed by atoms with Gasteiger partial charge in [-0.15, -0.1) is 0 Å². The zero-order valence-corrected chi connectivity index (χ0v) is 17.2. The zero-order valence-electron chi connectivity index (χ0n) is 17.2. The summed E-state index contributed by atoms with van der Waals surface area (Å²) < 4.78 is 0. The highest BCUT2D eigenvalue weighted by Gasteiger charge is 2.50. The zero-order chi connectivity index (χ0) is 20.7. The number of urea groups is 1. The van der Waals surface area contributed by atoms with Crippen LogP contribution in [0.25, 0.3) is 0 Å². The molecular weight excluding hydrogens is 380 g/mol. The number of piperazine rings is 1. The number of hydrogen-bond donors (Lipinski definition) is 2. The summed E-state index contributed by atoms with van der Waals surface area (Å²) in [4.78, 5) is 39.4. The number of benzene rings is 1. The summed E-state index contributed by atoms with van der Waals surface area (Å²) in [6.07, 6.45) is 6.79. The number of aromatic nitrogens is 2. The lowest BCUT2D eigenvalue weighted by atomic mass is 9.90. The summed E-state index contributed by atoms with van der Waals surface area (Å²) in [6, 6.07) is 7.72. The van der Waals surface area contributed by atoms with Gasteiger partial charge in [0.2, 0.25) is 5.95 Å². The summed E-state index contributed by atoms with van der Waals surface area (Å²) in [5.74, 6) is 0.572. The molecule has 1 aliphatic carbocycles. The number of hydrogen-bond acceptors (Lipinski definition) is 5. The van der Waals surface area contributed by atoms with Crippen LogP contribution in [0.1, 0.15) is 30.0 Å². The molecule has 2 fully saturated rings. The minimum absolute atomic E-state index is 0.160. The number of aryl methyl sites for hydroxylation is 2. The molecule has 0 radical (unpaired) electrons. The maximum absolute atomic E-state index is 13.3. The predicted molar refractivity (Wildman–Crippen MR) is 111 cm³/mol. The van der Waals surface area contributed by atoms with Gasteiger partial charge in [0, 0.05) is 12.4 Å². The van der Waals surface area contributed by atoms with Crippen LogP contribution in [0.2, 0.25) is 0 Å². The van der Waals surface area contributed by atoms with Gasteiger partial charge in [0.1, 0.15) is 5.54 Å². The Balaban J connectivity index is 1.26. The first-order valence-corrected chi connectivity index (χ1v) is 10.7. The third kappa shape index (κ3) is 3.21. The van der Waals surface area contributed by atoms with Crippen molar-refractivity contribution in [3.05, 3.63) is 53.3 Å². The molecule has 0 saturated carbocycles. The standard InChI is InChI=1S/C22H26N6O2/c1-22(18-7-6-16-4-2-5-17(16)14-18)19(29)28(21(30)25-22)15-26-10-12-27(13-11-26)20-23-8-3-9-24-20/h3,6-9,14H,2,4-5,10-13,15H2,1H3,(H,25,30)/p+1/t22-/m0/s1. The Morgan fingerprint density at radius 2 is 1.83 bits per heavy atom. The summed E-state index contributed by atoms with van der Waals surface area (Å²) in [5.41, 5.74) is 2.55. The lowest BCUT2D eigenvalue weighted by Crippen LogP contribution is -3.16. The van der Waals surface area contributed by atoms with Crippen LogP contribution in [-0.2, 0) is 23.2 Å². The van der Waals surface area contributed by atoms with Crippen LogP contribution in [0.4, 0.5) is 10.7 Å². The normalized spacial score (nSPS) is 24.3. The Morgan fingerprint density at radius 1 is 1.10 bits per heavy atom. The number of quaternary nitrogens is 1. The number of nitrogens with zero attached hydrogens (tertiary/aromatic N) is 4. The van der Waals surface area contributed by atoms with E-state index in [4.69, 9.17) is 0 Å². The SMILES string of the molecule is C[C@@]1(c2ccc3c(c2)CCC3)NC(=O)N(C[NH+]2CCN(c3ncccn3)CC2)C1=O. The number of rotatable bonds is 4. The van der Waals surface area contributed by atoms with Gasteiger partial charge in [-0.25, -0.2) is 19.7 Å². The van der Waals surface area contributed by atoms with Crippen LogP contribution in [0, 0.1) is 0 Å². The largest absolute Gasteiger partial charge is 0.330 e. The second kappa shape index (κ2) is 7.36. The average Bonchev–Trinajstić information content (AvgIpc) is 3.33. The first kappa shape index (κ1) is 19.0. The van der Waals surface area contributed by atoms with Crippen LogP contribution < -0.4 is 15.1 Å². The van der Waals surface area contributed by atoms with E-state index in [0.29, 0.717) is 6.67 Å². The van der Waals surface area contributed by atoms with E-state index in [9.17, 15) is 9.59 Å². The summed E-state index contributed by atoms with van der Waals surface area (Å²) in [6.45, 7) is 5.45. The highest BCUT2D eigenvalue weighted by atomic mass is 16.2. The molecule has 1 aromatic carbocycles. The smallest absolute Gasteiger partial charge is 0.329 e. The van der Waals surface area contributed by atoms with Gasteiger partial charge in [0.25, 0.3) is 5.91 Å². The molecule has 30 heavy (non-hydrogen) atoms. The number of nitrogens with one attached hydrogen (secondary N) is 2. The summed E-state index contributed by atoms with van der Waals surface area (Å²) >= 11 is 0. The minimum atomic E-state index is -0.992. The fourth-order valence-corrected chi connectivity index (χ4v) is 4.78. The van der Waals surface area contributed by atoms with Crippen molar-refractivity contribution in [1.82, 2.24) is 20.2 Å². The fraction of sp³-hybridized carbons (Fsp3) is 0.455. The second-order valence-corrected chi connectivity index (χ2v) is 8.57. The van der Waals surface area contributed by atoms with Gasteiger partial charge < -0.3 is 15.1 Å². The van der Waals surface area contributed by atoms with Crippen molar-refractivity contribution < 1.29 is 14.5 Å². The van der Waals surface area contributed by atoms with Gasteiger partial charge in [-0.3, -0.25) is 4.79 Å². The van der Waals surface area contributed by atoms with E-state index in [0.717, 1.165) is 57.0 Å². The number of amides is 3. The van der Waals surface area contributed by atoms with Crippen LogP contribution in [-0.4, -0.2) is 59.7 Å². The van der Waals surface area contributed by atoms with E-state index in [1.165, 1.54) is 20.9 Å². The third-order valence-corrected chi connectivity index (χ3v) is 6.64. The minimum Gasteiger partial charge on any atom is -0.330 e. The van der Waals surface area contributed by atoms with Crippen molar-refractivity contribution in [1.29, 1.82) is 0 Å². The van der Waals surface area contributed by atoms with Crippen molar-refractivity contribution in [2.45, 2.75) is 31.7 Å². The van der Waals surface area contributed by atoms with Crippen LogP contribution in [0.5, 0.6) is 0 Å². The van der Waals surface area contributed by atoms with E-state index < -0.39 is 5.54 Å². The molecule has 1 aromatic heterocycles. The van der Waals surface area contributed by atoms with Gasteiger partial charge in [0.15, 0.2) is 6.67 Å². The molecule has 2 aliphatic heterocycles. The number of carbonyl (C=O) groups is 2. The Bertz CT molecular complexity index is 973. The molecular formula is C22H27N6O2+. The number of anilines is 1. The van der Waals surface area contributed by atoms with Gasteiger partial charge in [0.05, 0.1) is 26.2 Å². The molecule has 5 rings (SSSR count). The van der Waals surface area contributed by atoms with E-state index in [1.807, 2.05) is 13.0 Å². The molecule has 3 amide bonds. The van der Waals surface area contributed by atoms with Crippen molar-refractivity contribution in [3.63, 3.8) is 0 Å². The Morgan fingerprint density at radius 3 is 2.60 bits per heavy atom. The molecule has 2 aromatic rings. The average molecular weight is 407 g/mol. The topological polar surface area (TPSA) is 82.9 Å². The summed E-state index contributed by atoms with van der Waals surface area (Å²) in [5, 5.41) is 2.96. The Hall–Kier alpha value is -3.00. The molecule has 2 saturated heterocycles. The molecule has 0 spiro atoms. The van der Waals surface area contributed by atoms with Crippen LogP contribution in [0.15, 0.2) is 36.7 Å². The lowest BCUT2D eigenvalue weighted by molar-refractivity contribution is -0.907. The highest BCUT2D eigenvalue weighted by molar-refractivity contribution is 6.07. The van der Waals surface area contributed by atoms with Crippen LogP contribution >= 0.6 is 0 Å². The molecule has 3 heterocycles. The van der Waals surface area contributed by atoms with E-state index >= 15 is 0 Å². The van der Waals surface area contributed by atoms with Gasteiger partial charge >= 0.3 is 6.03 Å². The molecule has 2 N–H and O–H groups in total. The molecule has 8 nitrogen and oxygen atoms in total. The number of fused-ring (bicyclic) bond motifs is 1. The number of imide groups is 1. The molecule has 1 atom stereocenters. The third-order valence-electron chi connectivity index (χ3n) is 6.64. The molecule has 156 valence electrons. The quantitative estimate of drug-likeness (QED) is 0.703. The maximum atomic E-state index is 13.3. The first-order valence-electron chi connectivity index (χ1n) is 10.7. The van der Waals surface area contributed by atoms with Crippen LogP contribution in [0.3, 0.4) is 0 Å². The first-order chi connectivity index (χ1) is 14.5. The van der Waals surface area contributed by atoms with Crippen molar-refractivity contribution in [2.75, 3.05) is 37.7 Å². The fourth-order valence-electron chi connectivity index (χ4n) is 4.78. The molecule has 8 heteroatoms. The van der Waals surface area contributed by atoms with E-state index in [-0.39, 0.29) is 11.9 Å². The Labute approximate surface area is 175 Å². The van der Waals surface area contributed by atoms with E-state index in [2.05, 4.69) is 32.3 Å². The summed E-state index contributed by atoms with van der Waals surface area (Å²) in [7, 11) is 0. The second-order valence-electron chi connectivity index (χ2n) is 8.57. The molecule has 0 unspecified atom stereocenters. The number of carbonyl (C=O) groups excluding carboxylic acids is 2. The van der Waals surface area contributed by atoms with Gasteiger partial charge in [-0.2, -0.15) is 0 Å². The maximum Gasteiger partial charge on any atom is 0.329 e. The monoisotopic (exact) mass is 407 g/mol. The van der Waals surface area contributed by atoms with Crippen molar-refractivity contribution in [2.24, 2.45) is 0 Å². The van der Waals surface area contributed by atoms with E-state index in [1.54, 1.807) is 18.5 Å². The lowest BCUT2D eigenvalue weighted by Gasteiger charge is -2.33. The van der Waals surface area contributed by atoms with Gasteiger partial charge in [-0.1, -0.05) is 18.2 Å². The molecule has 0 bridgehead atoms. The molecule has 3 aliphatic rings. The van der Waals surface area contributed by atoms with Gasteiger partial charge in [-0.05, 0) is 48.9 Å². The highest BCUT2D eigenvalue weighted by Crippen LogP contribution is 2.32.